The van der Waals surface area contributed by atoms with Gasteiger partial charge in [-0.15, -0.1) is 0 Å². The molecule has 0 unspecified atom stereocenters. The van der Waals surface area contributed by atoms with E-state index in [-0.39, 0.29) is 0 Å². The van der Waals surface area contributed by atoms with Gasteiger partial charge in [0.1, 0.15) is 5.75 Å². The van der Waals surface area contributed by atoms with E-state index in [1.807, 2.05) is 18.3 Å². The van der Waals surface area contributed by atoms with Crippen molar-refractivity contribution in [2.45, 2.75) is 25.7 Å². The van der Waals surface area contributed by atoms with Gasteiger partial charge in [0.2, 0.25) is 0 Å². The molecule has 20 heavy (non-hydrogen) atoms. The monoisotopic (exact) mass is 270 g/mol. The maximum atomic E-state index is 5.34. The molecule has 2 heterocycles. The molecule has 3 nitrogen and oxygen atoms in total. The van der Waals surface area contributed by atoms with Crippen LogP contribution in [0.25, 0.3) is 10.9 Å². The Hall–Kier alpha value is -1.61. The zero-order chi connectivity index (χ0) is 13.8. The van der Waals surface area contributed by atoms with E-state index >= 15 is 0 Å². The van der Waals surface area contributed by atoms with E-state index in [0.29, 0.717) is 0 Å². The number of hydrogen-bond acceptors (Lipinski definition) is 3. The van der Waals surface area contributed by atoms with Crippen molar-refractivity contribution in [3.8, 4) is 5.75 Å². The second kappa shape index (κ2) is 6.23. The first kappa shape index (κ1) is 13.4. The quantitative estimate of drug-likeness (QED) is 0.926. The number of hydrogen-bond donors (Lipinski definition) is 1. The maximum absolute atomic E-state index is 5.34. The number of aryl methyl sites for hydroxylation is 1. The summed E-state index contributed by atoms with van der Waals surface area (Å²) in [7, 11) is 1.71. The molecule has 0 amide bonds. The lowest BCUT2D eigenvalue weighted by molar-refractivity contribution is 0.354. The number of benzene rings is 1. The first-order valence-corrected chi connectivity index (χ1v) is 7.49. The molecule has 0 aliphatic carbocycles. The highest BCUT2D eigenvalue weighted by molar-refractivity contribution is 5.83. The molecule has 3 heteroatoms. The van der Waals surface area contributed by atoms with E-state index in [0.717, 1.165) is 23.6 Å². The fraction of sp³-hybridized carbons (Fsp3) is 0.471. The predicted molar refractivity (Wildman–Crippen MR) is 82.2 cm³/mol. The third-order valence-corrected chi connectivity index (χ3v) is 4.32. The summed E-state index contributed by atoms with van der Waals surface area (Å²) in [5.41, 5.74) is 2.46. The van der Waals surface area contributed by atoms with Gasteiger partial charge in [0, 0.05) is 11.6 Å². The molecule has 3 rings (SSSR count). The highest BCUT2D eigenvalue weighted by atomic mass is 16.5. The van der Waals surface area contributed by atoms with E-state index in [2.05, 4.69) is 22.4 Å². The van der Waals surface area contributed by atoms with Gasteiger partial charge in [0.05, 0.1) is 12.6 Å². The molecule has 0 spiro atoms. The van der Waals surface area contributed by atoms with Crippen molar-refractivity contribution >= 4 is 10.9 Å². The van der Waals surface area contributed by atoms with Gasteiger partial charge >= 0.3 is 0 Å². The standard InChI is InChI=1S/C17H22N2O/c1-20-15-4-5-17-16(12-15)14(8-11-19-17)3-2-13-6-9-18-10-7-13/h4-5,8,11-13,18H,2-3,6-7,9-10H2,1H3. The van der Waals surface area contributed by atoms with Gasteiger partial charge < -0.3 is 10.1 Å². The van der Waals surface area contributed by atoms with Crippen LogP contribution in [-0.2, 0) is 6.42 Å². The largest absolute Gasteiger partial charge is 0.497 e. The zero-order valence-electron chi connectivity index (χ0n) is 12.1. The Morgan fingerprint density at radius 1 is 1.25 bits per heavy atom. The number of aromatic nitrogens is 1. The van der Waals surface area contributed by atoms with Gasteiger partial charge in [-0.05, 0) is 74.5 Å². The molecule has 1 fully saturated rings. The number of ether oxygens (including phenoxy) is 1. The van der Waals surface area contributed by atoms with E-state index in [4.69, 9.17) is 4.74 Å². The van der Waals surface area contributed by atoms with Gasteiger partial charge in [-0.1, -0.05) is 0 Å². The van der Waals surface area contributed by atoms with Crippen LogP contribution >= 0.6 is 0 Å². The highest BCUT2D eigenvalue weighted by Gasteiger charge is 2.13. The lowest BCUT2D eigenvalue weighted by Crippen LogP contribution is -2.27. The smallest absolute Gasteiger partial charge is 0.119 e. The average molecular weight is 270 g/mol. The second-order valence-electron chi connectivity index (χ2n) is 5.59. The van der Waals surface area contributed by atoms with Crippen molar-refractivity contribution in [2.24, 2.45) is 5.92 Å². The van der Waals surface area contributed by atoms with Gasteiger partial charge in [0.15, 0.2) is 0 Å². The minimum atomic E-state index is 0.866. The summed E-state index contributed by atoms with van der Waals surface area (Å²) in [6, 6.07) is 8.29. The summed E-state index contributed by atoms with van der Waals surface area (Å²) in [6.07, 6.45) is 6.96. The Morgan fingerprint density at radius 2 is 2.10 bits per heavy atom. The number of methoxy groups -OCH3 is 1. The van der Waals surface area contributed by atoms with Crippen LogP contribution in [0.2, 0.25) is 0 Å². The molecule has 0 radical (unpaired) electrons. The fourth-order valence-electron chi connectivity index (χ4n) is 3.06. The molecule has 2 aromatic rings. The number of nitrogens with one attached hydrogen (secondary N) is 1. The topological polar surface area (TPSA) is 34.1 Å². The first-order valence-electron chi connectivity index (χ1n) is 7.49. The SMILES string of the molecule is COc1ccc2nccc(CCC3CCNCC3)c2c1. The Balaban J connectivity index is 1.79. The normalized spacial score (nSPS) is 16.4. The van der Waals surface area contributed by atoms with Crippen molar-refractivity contribution in [3.63, 3.8) is 0 Å². The van der Waals surface area contributed by atoms with Crippen molar-refractivity contribution in [1.82, 2.24) is 10.3 Å². The van der Waals surface area contributed by atoms with E-state index in [1.165, 1.54) is 43.3 Å². The zero-order valence-corrected chi connectivity index (χ0v) is 12.1. The van der Waals surface area contributed by atoms with Crippen LogP contribution < -0.4 is 10.1 Å². The summed E-state index contributed by atoms with van der Waals surface area (Å²) in [4.78, 5) is 4.45. The Labute approximate surface area is 120 Å². The molecule has 1 aliphatic heterocycles. The molecule has 0 saturated carbocycles. The lowest BCUT2D eigenvalue weighted by atomic mass is 9.90. The first-order chi connectivity index (χ1) is 9.86. The molecule has 0 atom stereocenters. The van der Waals surface area contributed by atoms with Crippen molar-refractivity contribution < 1.29 is 4.74 Å². The van der Waals surface area contributed by atoms with Crippen LogP contribution in [0.1, 0.15) is 24.8 Å². The molecule has 1 aromatic heterocycles. The average Bonchev–Trinajstić information content (AvgIpc) is 2.53. The minimum absolute atomic E-state index is 0.866. The minimum Gasteiger partial charge on any atom is -0.497 e. The van der Waals surface area contributed by atoms with Crippen molar-refractivity contribution in [1.29, 1.82) is 0 Å². The number of nitrogens with zero attached hydrogens (tertiary/aromatic N) is 1. The van der Waals surface area contributed by atoms with Crippen LogP contribution in [0.4, 0.5) is 0 Å². The Kier molecular flexibility index (Phi) is 4.16. The molecular formula is C17H22N2O. The molecule has 1 N–H and O–H groups in total. The summed E-state index contributed by atoms with van der Waals surface area (Å²) < 4.78 is 5.34. The lowest BCUT2D eigenvalue weighted by Gasteiger charge is -2.22. The Morgan fingerprint density at radius 3 is 2.90 bits per heavy atom. The van der Waals surface area contributed by atoms with Gasteiger partial charge in [-0.25, -0.2) is 0 Å². The third kappa shape index (κ3) is 2.93. The number of pyridine rings is 1. The Bertz CT molecular complexity index is 576. The van der Waals surface area contributed by atoms with Gasteiger partial charge in [-0.3, -0.25) is 4.98 Å². The third-order valence-electron chi connectivity index (χ3n) is 4.32. The number of piperidine rings is 1. The molecular weight excluding hydrogens is 248 g/mol. The van der Waals surface area contributed by atoms with Gasteiger partial charge in [0.25, 0.3) is 0 Å². The molecule has 1 saturated heterocycles. The van der Waals surface area contributed by atoms with E-state index in [1.54, 1.807) is 7.11 Å². The fourth-order valence-corrected chi connectivity index (χ4v) is 3.06. The molecule has 106 valence electrons. The molecule has 0 bridgehead atoms. The number of fused-ring (bicyclic) bond motifs is 1. The molecule has 1 aromatic carbocycles. The second-order valence-corrected chi connectivity index (χ2v) is 5.59. The summed E-state index contributed by atoms with van der Waals surface area (Å²) in [5.74, 6) is 1.78. The number of rotatable bonds is 4. The van der Waals surface area contributed by atoms with Crippen LogP contribution in [0.5, 0.6) is 5.75 Å². The molecule has 1 aliphatic rings. The van der Waals surface area contributed by atoms with E-state index in [9.17, 15) is 0 Å². The van der Waals surface area contributed by atoms with Crippen molar-refractivity contribution in [2.75, 3.05) is 20.2 Å². The predicted octanol–water partition coefficient (Wildman–Crippen LogP) is 3.18. The maximum Gasteiger partial charge on any atom is 0.119 e. The summed E-state index contributed by atoms with van der Waals surface area (Å²) >= 11 is 0. The van der Waals surface area contributed by atoms with E-state index < -0.39 is 0 Å². The highest BCUT2D eigenvalue weighted by Crippen LogP contribution is 2.25. The van der Waals surface area contributed by atoms with Crippen LogP contribution in [-0.4, -0.2) is 25.2 Å². The summed E-state index contributed by atoms with van der Waals surface area (Å²) in [5, 5.41) is 4.67. The van der Waals surface area contributed by atoms with Gasteiger partial charge in [-0.2, -0.15) is 0 Å². The summed E-state index contributed by atoms with van der Waals surface area (Å²) in [6.45, 7) is 2.35. The van der Waals surface area contributed by atoms with Crippen LogP contribution in [0.15, 0.2) is 30.5 Å². The van der Waals surface area contributed by atoms with Crippen LogP contribution in [0.3, 0.4) is 0 Å². The van der Waals surface area contributed by atoms with Crippen LogP contribution in [0, 0.1) is 5.92 Å². The van der Waals surface area contributed by atoms with Crippen molar-refractivity contribution in [3.05, 3.63) is 36.0 Å².